The number of carboxylic acid groups (broad SMARTS) is 1. The molecule has 0 aliphatic carbocycles. The number of aryl methyl sites for hydroxylation is 1. The summed E-state index contributed by atoms with van der Waals surface area (Å²) < 4.78 is 0. The number of hydrogen-bond donors (Lipinski definition) is 2. The molecule has 0 saturated heterocycles. The van der Waals surface area contributed by atoms with E-state index < -0.39 is 5.97 Å². The third kappa shape index (κ3) is 4.20. The van der Waals surface area contributed by atoms with E-state index in [0.717, 1.165) is 17.7 Å². The molecule has 0 bridgehead atoms. The fraction of sp³-hybridized carbons (Fsp3) is 0.429. The van der Waals surface area contributed by atoms with Crippen LogP contribution in [0, 0.1) is 5.92 Å². The molecule has 0 aromatic heterocycles. The summed E-state index contributed by atoms with van der Waals surface area (Å²) in [4.78, 5) is 22.3. The summed E-state index contributed by atoms with van der Waals surface area (Å²) in [5, 5.41) is 11.4. The molecule has 1 atom stereocenters. The maximum atomic E-state index is 11.9. The molecule has 1 unspecified atom stereocenters. The minimum absolute atomic E-state index is 0.0179. The van der Waals surface area contributed by atoms with Crippen molar-refractivity contribution < 1.29 is 14.7 Å². The zero-order valence-electron chi connectivity index (χ0n) is 10.8. The van der Waals surface area contributed by atoms with Crippen LogP contribution in [0.25, 0.3) is 0 Å². The number of benzene rings is 1. The van der Waals surface area contributed by atoms with Gasteiger partial charge in [-0.1, -0.05) is 32.0 Å². The highest BCUT2D eigenvalue weighted by molar-refractivity contribution is 5.93. The lowest BCUT2D eigenvalue weighted by Crippen LogP contribution is -2.21. The fourth-order valence-corrected chi connectivity index (χ4v) is 1.68. The van der Waals surface area contributed by atoms with E-state index in [1.807, 2.05) is 31.2 Å². The first-order valence-electron chi connectivity index (χ1n) is 6.15. The standard InChI is InChI=1S/C14H19NO3/c1-3-11-6-4-5-7-12(11)15-14(18)10(2)8-9-13(16)17/h4-7,10H,3,8-9H2,1-2H3,(H,15,18)(H,16,17). The third-order valence-electron chi connectivity index (χ3n) is 2.89. The molecule has 0 heterocycles. The third-order valence-corrected chi connectivity index (χ3v) is 2.89. The van der Waals surface area contributed by atoms with E-state index in [2.05, 4.69) is 5.32 Å². The van der Waals surface area contributed by atoms with Crippen LogP contribution in [0.2, 0.25) is 0 Å². The number of aliphatic carboxylic acids is 1. The fourth-order valence-electron chi connectivity index (χ4n) is 1.68. The number of carbonyl (C=O) groups excluding carboxylic acids is 1. The van der Waals surface area contributed by atoms with Crippen LogP contribution in [0.15, 0.2) is 24.3 Å². The summed E-state index contributed by atoms with van der Waals surface area (Å²) in [6.07, 6.45) is 1.22. The molecule has 0 saturated carbocycles. The number of carboxylic acids is 1. The van der Waals surface area contributed by atoms with E-state index in [0.29, 0.717) is 6.42 Å². The molecule has 0 fully saturated rings. The first-order chi connectivity index (χ1) is 8.54. The van der Waals surface area contributed by atoms with Crippen LogP contribution in [-0.4, -0.2) is 17.0 Å². The lowest BCUT2D eigenvalue weighted by atomic mass is 10.0. The number of anilines is 1. The zero-order chi connectivity index (χ0) is 13.5. The van der Waals surface area contributed by atoms with Gasteiger partial charge in [-0.25, -0.2) is 0 Å². The Kier molecular flexibility index (Phi) is 5.36. The van der Waals surface area contributed by atoms with Crippen LogP contribution in [0.1, 0.15) is 32.3 Å². The van der Waals surface area contributed by atoms with Gasteiger partial charge in [-0.05, 0) is 24.5 Å². The van der Waals surface area contributed by atoms with Gasteiger partial charge in [0.25, 0.3) is 0 Å². The van der Waals surface area contributed by atoms with Crippen molar-refractivity contribution in [2.45, 2.75) is 33.1 Å². The second-order valence-corrected chi connectivity index (χ2v) is 4.33. The van der Waals surface area contributed by atoms with Gasteiger partial charge in [-0.2, -0.15) is 0 Å². The van der Waals surface area contributed by atoms with Crippen molar-refractivity contribution in [1.82, 2.24) is 0 Å². The van der Waals surface area contributed by atoms with Crippen molar-refractivity contribution in [2.75, 3.05) is 5.32 Å². The predicted molar refractivity (Wildman–Crippen MR) is 70.5 cm³/mol. The van der Waals surface area contributed by atoms with Gasteiger partial charge in [-0.3, -0.25) is 9.59 Å². The molecule has 18 heavy (non-hydrogen) atoms. The number of hydrogen-bond acceptors (Lipinski definition) is 2. The van der Waals surface area contributed by atoms with Crippen LogP contribution in [0.5, 0.6) is 0 Å². The largest absolute Gasteiger partial charge is 0.481 e. The molecular weight excluding hydrogens is 230 g/mol. The van der Waals surface area contributed by atoms with Gasteiger partial charge in [0.05, 0.1) is 0 Å². The van der Waals surface area contributed by atoms with Crippen LogP contribution in [0.3, 0.4) is 0 Å². The topological polar surface area (TPSA) is 66.4 Å². The molecule has 1 rings (SSSR count). The first-order valence-corrected chi connectivity index (χ1v) is 6.15. The smallest absolute Gasteiger partial charge is 0.303 e. The minimum atomic E-state index is -0.872. The highest BCUT2D eigenvalue weighted by Crippen LogP contribution is 2.17. The quantitative estimate of drug-likeness (QED) is 0.814. The Morgan fingerprint density at radius 1 is 1.33 bits per heavy atom. The van der Waals surface area contributed by atoms with Gasteiger partial charge in [0.2, 0.25) is 5.91 Å². The Bertz CT molecular complexity index is 429. The van der Waals surface area contributed by atoms with Crippen molar-refractivity contribution in [2.24, 2.45) is 5.92 Å². The molecule has 0 spiro atoms. The lowest BCUT2D eigenvalue weighted by molar-refractivity contribution is -0.137. The zero-order valence-corrected chi connectivity index (χ0v) is 10.8. The van der Waals surface area contributed by atoms with Gasteiger partial charge < -0.3 is 10.4 Å². The van der Waals surface area contributed by atoms with E-state index in [9.17, 15) is 9.59 Å². The Morgan fingerprint density at radius 2 is 2.00 bits per heavy atom. The monoisotopic (exact) mass is 249 g/mol. The maximum absolute atomic E-state index is 11.9. The Hall–Kier alpha value is -1.84. The molecule has 1 aromatic carbocycles. The van der Waals surface area contributed by atoms with Crippen molar-refractivity contribution in [3.05, 3.63) is 29.8 Å². The van der Waals surface area contributed by atoms with Crippen molar-refractivity contribution in [3.8, 4) is 0 Å². The summed E-state index contributed by atoms with van der Waals surface area (Å²) in [7, 11) is 0. The minimum Gasteiger partial charge on any atom is -0.481 e. The normalized spacial score (nSPS) is 11.9. The van der Waals surface area contributed by atoms with Gasteiger partial charge in [0.15, 0.2) is 0 Å². The summed E-state index contributed by atoms with van der Waals surface area (Å²) in [6.45, 7) is 3.77. The molecule has 0 aliphatic rings. The van der Waals surface area contributed by atoms with Crippen molar-refractivity contribution in [3.63, 3.8) is 0 Å². The molecular formula is C14H19NO3. The average Bonchev–Trinajstić information content (AvgIpc) is 2.36. The second kappa shape index (κ2) is 6.79. The molecule has 0 radical (unpaired) electrons. The Labute approximate surface area is 107 Å². The Balaban J connectivity index is 2.60. The van der Waals surface area contributed by atoms with Gasteiger partial charge in [0, 0.05) is 18.0 Å². The highest BCUT2D eigenvalue weighted by Gasteiger charge is 2.15. The summed E-state index contributed by atoms with van der Waals surface area (Å²) in [5.41, 5.74) is 1.89. The van der Waals surface area contributed by atoms with E-state index in [-0.39, 0.29) is 18.2 Å². The molecule has 2 N–H and O–H groups in total. The number of amides is 1. The molecule has 1 amide bonds. The lowest BCUT2D eigenvalue weighted by Gasteiger charge is -2.13. The van der Waals surface area contributed by atoms with Crippen molar-refractivity contribution >= 4 is 17.6 Å². The van der Waals surface area contributed by atoms with Crippen LogP contribution in [0.4, 0.5) is 5.69 Å². The van der Waals surface area contributed by atoms with Gasteiger partial charge in [-0.15, -0.1) is 0 Å². The summed E-state index contributed by atoms with van der Waals surface area (Å²) in [5.74, 6) is -1.30. The van der Waals surface area contributed by atoms with Crippen LogP contribution >= 0.6 is 0 Å². The maximum Gasteiger partial charge on any atom is 0.303 e. The number of nitrogens with one attached hydrogen (secondary N) is 1. The number of rotatable bonds is 6. The number of carbonyl (C=O) groups is 2. The highest BCUT2D eigenvalue weighted by atomic mass is 16.4. The van der Waals surface area contributed by atoms with Gasteiger partial charge >= 0.3 is 5.97 Å². The Morgan fingerprint density at radius 3 is 2.61 bits per heavy atom. The number of para-hydroxylation sites is 1. The van der Waals surface area contributed by atoms with E-state index >= 15 is 0 Å². The van der Waals surface area contributed by atoms with Crippen molar-refractivity contribution in [1.29, 1.82) is 0 Å². The van der Waals surface area contributed by atoms with E-state index in [4.69, 9.17) is 5.11 Å². The summed E-state index contributed by atoms with van der Waals surface area (Å²) in [6, 6.07) is 7.64. The van der Waals surface area contributed by atoms with Gasteiger partial charge in [0.1, 0.15) is 0 Å². The van der Waals surface area contributed by atoms with E-state index in [1.165, 1.54) is 0 Å². The molecule has 1 aromatic rings. The SMILES string of the molecule is CCc1ccccc1NC(=O)C(C)CCC(=O)O. The molecule has 4 heteroatoms. The predicted octanol–water partition coefficient (Wildman–Crippen LogP) is 2.69. The second-order valence-electron chi connectivity index (χ2n) is 4.33. The van der Waals surface area contributed by atoms with Crippen LogP contribution in [-0.2, 0) is 16.0 Å². The van der Waals surface area contributed by atoms with E-state index in [1.54, 1.807) is 6.92 Å². The molecule has 4 nitrogen and oxygen atoms in total. The molecule has 0 aliphatic heterocycles. The molecule has 98 valence electrons. The summed E-state index contributed by atoms with van der Waals surface area (Å²) >= 11 is 0. The average molecular weight is 249 g/mol. The first kappa shape index (κ1) is 14.2. The van der Waals surface area contributed by atoms with Crippen LogP contribution < -0.4 is 5.32 Å².